The molecule has 0 aliphatic heterocycles. The second kappa shape index (κ2) is 5.44. The van der Waals surface area contributed by atoms with Crippen LogP contribution in [0.4, 0.5) is 5.69 Å². The molecule has 0 aliphatic carbocycles. The molecule has 0 aromatic heterocycles. The lowest BCUT2D eigenvalue weighted by atomic mass is 10.1. The zero-order chi connectivity index (χ0) is 13.0. The summed E-state index contributed by atoms with van der Waals surface area (Å²) in [5, 5.41) is 8.88. The van der Waals surface area contributed by atoms with Gasteiger partial charge in [0.05, 0.1) is 0 Å². The van der Waals surface area contributed by atoms with Gasteiger partial charge in [0.25, 0.3) is 5.91 Å². The van der Waals surface area contributed by atoms with Crippen molar-refractivity contribution < 1.29 is 4.79 Å². The number of benzene rings is 1. The zero-order valence-electron chi connectivity index (χ0n) is 10.7. The monoisotopic (exact) mass is 232 g/mol. The summed E-state index contributed by atoms with van der Waals surface area (Å²) in [5.41, 5.74) is 0.737. The van der Waals surface area contributed by atoms with E-state index in [0.717, 1.165) is 0 Å². The quantitative estimate of drug-likeness (QED) is 0.749. The van der Waals surface area contributed by atoms with Gasteiger partial charge in [-0.3, -0.25) is 4.79 Å². The first-order valence-corrected chi connectivity index (χ1v) is 5.75. The van der Waals surface area contributed by atoms with Crippen LogP contribution in [0, 0.1) is 5.39 Å². The van der Waals surface area contributed by atoms with E-state index in [0.29, 0.717) is 11.3 Å². The lowest BCUT2D eigenvalue weighted by Crippen LogP contribution is -2.42. The highest BCUT2D eigenvalue weighted by molar-refractivity contribution is 6.00. The van der Waals surface area contributed by atoms with Crippen LogP contribution in [0.15, 0.2) is 24.3 Å². The number of carbonyl (C=O) groups excluding carboxylic acids is 1. The van der Waals surface area contributed by atoms with Crippen LogP contribution in [0.2, 0.25) is 0 Å². The minimum absolute atomic E-state index is 0.106. The zero-order valence-corrected chi connectivity index (χ0v) is 10.7. The maximum Gasteiger partial charge on any atom is 0.397 e. The molecule has 1 aromatic rings. The fourth-order valence-electron chi connectivity index (χ4n) is 1.95. The van der Waals surface area contributed by atoms with Crippen molar-refractivity contribution in [1.82, 2.24) is 4.90 Å². The van der Waals surface area contributed by atoms with Crippen molar-refractivity contribution in [3.8, 4) is 0 Å². The largest absolute Gasteiger partial charge is 0.397 e. The summed E-state index contributed by atoms with van der Waals surface area (Å²) in [6, 6.07) is 7.01. The second-order valence-electron chi connectivity index (χ2n) is 4.52. The SMILES string of the molecule is CC(C)N(C(=O)c1ccccc1[N+]#N)C(C)C. The molecular weight excluding hydrogens is 214 g/mol. The van der Waals surface area contributed by atoms with Crippen LogP contribution >= 0.6 is 0 Å². The molecular formula is C13H18N3O+. The Labute approximate surface area is 102 Å². The van der Waals surface area contributed by atoms with Gasteiger partial charge in [-0.15, -0.1) is 0 Å². The Kier molecular flexibility index (Phi) is 4.22. The average Bonchev–Trinajstić information content (AvgIpc) is 2.27. The van der Waals surface area contributed by atoms with Gasteiger partial charge < -0.3 is 4.90 Å². The summed E-state index contributed by atoms with van der Waals surface area (Å²) in [7, 11) is 0. The molecule has 0 atom stereocenters. The van der Waals surface area contributed by atoms with Gasteiger partial charge in [0.15, 0.2) is 4.98 Å². The minimum Gasteiger partial charge on any atom is -0.334 e. The summed E-state index contributed by atoms with van der Waals surface area (Å²) in [6.07, 6.45) is 0. The second-order valence-corrected chi connectivity index (χ2v) is 4.52. The van der Waals surface area contributed by atoms with E-state index in [1.54, 1.807) is 29.2 Å². The van der Waals surface area contributed by atoms with Crippen LogP contribution in [0.3, 0.4) is 0 Å². The highest BCUT2D eigenvalue weighted by Crippen LogP contribution is 2.22. The molecule has 4 nitrogen and oxygen atoms in total. The van der Waals surface area contributed by atoms with Crippen molar-refractivity contribution in [2.24, 2.45) is 0 Å². The van der Waals surface area contributed by atoms with Gasteiger partial charge >= 0.3 is 5.69 Å². The Morgan fingerprint density at radius 2 is 1.71 bits per heavy atom. The van der Waals surface area contributed by atoms with Crippen molar-refractivity contribution in [2.45, 2.75) is 39.8 Å². The molecule has 0 unspecified atom stereocenters. The summed E-state index contributed by atoms with van der Waals surface area (Å²) < 4.78 is 0. The van der Waals surface area contributed by atoms with Crippen molar-refractivity contribution in [3.05, 3.63) is 34.8 Å². The van der Waals surface area contributed by atoms with Gasteiger partial charge in [0.1, 0.15) is 5.56 Å². The maximum atomic E-state index is 12.4. The molecule has 1 rings (SSSR count). The third kappa shape index (κ3) is 2.82. The Morgan fingerprint density at radius 3 is 2.18 bits per heavy atom. The molecule has 0 bridgehead atoms. The molecule has 1 aromatic carbocycles. The fraction of sp³-hybridized carbons (Fsp3) is 0.462. The summed E-state index contributed by atoms with van der Waals surface area (Å²) in [5.74, 6) is -0.108. The fourth-order valence-corrected chi connectivity index (χ4v) is 1.95. The van der Waals surface area contributed by atoms with E-state index >= 15 is 0 Å². The van der Waals surface area contributed by atoms with Crippen molar-refractivity contribution in [1.29, 1.82) is 5.39 Å². The average molecular weight is 232 g/mol. The van der Waals surface area contributed by atoms with Crippen LogP contribution in [0.1, 0.15) is 38.1 Å². The Morgan fingerprint density at radius 1 is 1.18 bits per heavy atom. The van der Waals surface area contributed by atoms with Crippen LogP contribution < -0.4 is 0 Å². The molecule has 17 heavy (non-hydrogen) atoms. The highest BCUT2D eigenvalue weighted by Gasteiger charge is 2.27. The number of amides is 1. The van der Waals surface area contributed by atoms with E-state index in [-0.39, 0.29) is 18.0 Å². The first-order valence-electron chi connectivity index (χ1n) is 5.75. The first kappa shape index (κ1) is 13.2. The lowest BCUT2D eigenvalue weighted by Gasteiger charge is -2.30. The van der Waals surface area contributed by atoms with Gasteiger partial charge in [0, 0.05) is 18.2 Å². The van der Waals surface area contributed by atoms with Crippen LogP contribution in [-0.2, 0) is 0 Å². The third-order valence-electron chi connectivity index (χ3n) is 2.59. The molecule has 0 saturated carbocycles. The Balaban J connectivity index is 3.15. The smallest absolute Gasteiger partial charge is 0.334 e. The molecule has 0 heterocycles. The normalized spacial score (nSPS) is 10.4. The van der Waals surface area contributed by atoms with Crippen LogP contribution in [0.5, 0.6) is 0 Å². The first-order chi connectivity index (χ1) is 7.99. The summed E-state index contributed by atoms with van der Waals surface area (Å²) >= 11 is 0. The molecule has 0 radical (unpaired) electrons. The molecule has 0 saturated heterocycles. The van der Waals surface area contributed by atoms with E-state index in [1.165, 1.54) is 0 Å². The van der Waals surface area contributed by atoms with Gasteiger partial charge in [-0.1, -0.05) is 12.1 Å². The predicted octanol–water partition coefficient (Wildman–Crippen LogP) is 3.43. The number of carbonyl (C=O) groups is 1. The standard InChI is InChI=1S/C13H18N3O/c1-9(2)16(10(3)4)13(17)11-7-5-6-8-12(11)15-14/h5-10H,1-4H3/q+1. The van der Waals surface area contributed by atoms with Gasteiger partial charge in [-0.25, -0.2) is 0 Å². The highest BCUT2D eigenvalue weighted by atomic mass is 16.2. The Bertz CT molecular complexity index is 438. The van der Waals surface area contributed by atoms with Crippen molar-refractivity contribution in [3.63, 3.8) is 0 Å². The van der Waals surface area contributed by atoms with Crippen molar-refractivity contribution in [2.75, 3.05) is 0 Å². The third-order valence-corrected chi connectivity index (χ3v) is 2.59. The van der Waals surface area contributed by atoms with Gasteiger partial charge in [-0.05, 0) is 33.8 Å². The molecule has 0 aliphatic rings. The van der Waals surface area contributed by atoms with E-state index in [4.69, 9.17) is 5.39 Å². The molecule has 1 amide bonds. The summed E-state index contributed by atoms with van der Waals surface area (Å²) in [6.45, 7) is 7.88. The Hall–Kier alpha value is -1.89. The van der Waals surface area contributed by atoms with E-state index in [2.05, 4.69) is 4.98 Å². The number of rotatable bonds is 3. The van der Waals surface area contributed by atoms with E-state index in [1.807, 2.05) is 27.7 Å². The lowest BCUT2D eigenvalue weighted by molar-refractivity contribution is 0.0645. The summed E-state index contributed by atoms with van der Waals surface area (Å²) in [4.78, 5) is 17.3. The molecule has 90 valence electrons. The number of diazo groups is 1. The number of hydrogen-bond donors (Lipinski definition) is 0. The number of hydrogen-bond acceptors (Lipinski definition) is 2. The van der Waals surface area contributed by atoms with Gasteiger partial charge in [-0.2, -0.15) is 0 Å². The predicted molar refractivity (Wildman–Crippen MR) is 67.6 cm³/mol. The topological polar surface area (TPSA) is 48.5 Å². The molecule has 0 spiro atoms. The molecule has 0 N–H and O–H groups in total. The van der Waals surface area contributed by atoms with Crippen LogP contribution in [-0.4, -0.2) is 22.9 Å². The van der Waals surface area contributed by atoms with Crippen molar-refractivity contribution >= 4 is 11.6 Å². The van der Waals surface area contributed by atoms with E-state index < -0.39 is 0 Å². The molecule has 4 heteroatoms. The van der Waals surface area contributed by atoms with E-state index in [9.17, 15) is 4.79 Å². The maximum absolute atomic E-state index is 12.4. The minimum atomic E-state index is -0.108. The van der Waals surface area contributed by atoms with Crippen LogP contribution in [0.25, 0.3) is 4.98 Å². The number of nitrogens with zero attached hydrogens (tertiary/aromatic N) is 3. The molecule has 0 fully saturated rings. The van der Waals surface area contributed by atoms with Gasteiger partial charge in [0.2, 0.25) is 5.39 Å².